The van der Waals surface area contributed by atoms with E-state index in [9.17, 15) is 36.5 Å². The van der Waals surface area contributed by atoms with Crippen molar-refractivity contribution in [3.05, 3.63) is 33.9 Å². The predicted octanol–water partition coefficient (Wildman–Crippen LogP) is 0.191. The molecule has 160 valence electrons. The van der Waals surface area contributed by atoms with E-state index in [2.05, 4.69) is 0 Å². The normalized spacial score (nSPS) is 18.2. The van der Waals surface area contributed by atoms with E-state index in [0.29, 0.717) is 6.42 Å². The van der Waals surface area contributed by atoms with Crippen molar-refractivity contribution in [2.75, 3.05) is 30.9 Å². The number of ether oxygens (including phenoxy) is 1. The van der Waals surface area contributed by atoms with Crippen molar-refractivity contribution < 1.29 is 36.1 Å². The molecule has 0 aromatic heterocycles. The van der Waals surface area contributed by atoms with Crippen LogP contribution in [0.25, 0.3) is 0 Å². The Kier molecular flexibility index (Phi) is 6.63. The summed E-state index contributed by atoms with van der Waals surface area (Å²) < 4.78 is 51.3. The molecule has 0 aliphatic carbocycles. The van der Waals surface area contributed by atoms with Gasteiger partial charge in [0.2, 0.25) is 0 Å². The minimum absolute atomic E-state index is 0.0163. The molecule has 1 aromatic carbocycles. The second-order valence-electron chi connectivity index (χ2n) is 6.52. The minimum Gasteiger partial charge on any atom is -0.452 e. The molecule has 0 N–H and O–H groups in total. The van der Waals surface area contributed by atoms with E-state index in [1.807, 2.05) is 0 Å². The van der Waals surface area contributed by atoms with Gasteiger partial charge in [-0.15, -0.1) is 0 Å². The summed E-state index contributed by atoms with van der Waals surface area (Å²) >= 11 is 0. The topological polar surface area (TPSA) is 158 Å². The van der Waals surface area contributed by atoms with Crippen LogP contribution in [0.1, 0.15) is 23.7 Å². The molecule has 1 heterocycles. The van der Waals surface area contributed by atoms with Gasteiger partial charge in [0, 0.05) is 24.9 Å². The smallest absolute Gasteiger partial charge is 0.338 e. The van der Waals surface area contributed by atoms with Gasteiger partial charge in [-0.25, -0.2) is 21.6 Å². The first-order valence-electron chi connectivity index (χ1n) is 8.51. The molecule has 1 aromatic rings. The molecular weight excluding hydrogens is 428 g/mol. The van der Waals surface area contributed by atoms with Gasteiger partial charge >= 0.3 is 5.97 Å². The Hall–Kier alpha value is -2.54. The van der Waals surface area contributed by atoms with E-state index in [0.717, 1.165) is 24.5 Å². The molecule has 0 radical (unpaired) electrons. The van der Waals surface area contributed by atoms with E-state index in [4.69, 9.17) is 4.74 Å². The number of carbonyl (C=O) groups is 2. The Balaban J connectivity index is 2.11. The van der Waals surface area contributed by atoms with Crippen LogP contribution in [0.4, 0.5) is 5.69 Å². The van der Waals surface area contributed by atoms with Gasteiger partial charge < -0.3 is 9.64 Å². The molecule has 2 rings (SSSR count). The van der Waals surface area contributed by atoms with Crippen LogP contribution in [0.5, 0.6) is 0 Å². The summed E-state index contributed by atoms with van der Waals surface area (Å²) in [6, 6.07) is 2.25. The molecule has 1 saturated heterocycles. The maximum Gasteiger partial charge on any atom is 0.338 e. The zero-order valence-corrected chi connectivity index (χ0v) is 17.4. The number of nitro groups is 1. The number of esters is 1. The highest BCUT2D eigenvalue weighted by Gasteiger charge is 2.34. The Morgan fingerprint density at radius 2 is 2.00 bits per heavy atom. The first kappa shape index (κ1) is 22.7. The molecule has 1 unspecified atom stereocenters. The fraction of sp³-hybridized carbons (Fsp3) is 0.500. The van der Waals surface area contributed by atoms with E-state index >= 15 is 0 Å². The monoisotopic (exact) mass is 448 g/mol. The first-order chi connectivity index (χ1) is 13.4. The lowest BCUT2D eigenvalue weighted by atomic mass is 10.2. The summed E-state index contributed by atoms with van der Waals surface area (Å²) in [5, 5.41) is 11.1. The second kappa shape index (κ2) is 8.45. The van der Waals surface area contributed by atoms with Crippen molar-refractivity contribution in [1.29, 1.82) is 0 Å². The minimum atomic E-state index is -3.88. The summed E-state index contributed by atoms with van der Waals surface area (Å²) in [6.45, 7) is 1.22. The fourth-order valence-corrected chi connectivity index (χ4v) is 5.61. The van der Waals surface area contributed by atoms with Crippen LogP contribution in [0.3, 0.4) is 0 Å². The second-order valence-corrected chi connectivity index (χ2v) is 10.7. The number of rotatable bonds is 7. The van der Waals surface area contributed by atoms with Crippen molar-refractivity contribution in [2.45, 2.75) is 24.3 Å². The van der Waals surface area contributed by atoms with E-state index < -0.39 is 59.7 Å². The van der Waals surface area contributed by atoms with Gasteiger partial charge in [0.1, 0.15) is 4.90 Å². The Morgan fingerprint density at radius 3 is 2.48 bits per heavy atom. The zero-order valence-electron chi connectivity index (χ0n) is 15.7. The van der Waals surface area contributed by atoms with Crippen molar-refractivity contribution in [2.24, 2.45) is 0 Å². The number of hydrogen-bond acceptors (Lipinski definition) is 9. The van der Waals surface area contributed by atoms with Crippen LogP contribution in [-0.2, 0) is 29.2 Å². The number of sulfone groups is 2. The highest BCUT2D eigenvalue weighted by atomic mass is 32.2. The molecule has 1 atom stereocenters. The van der Waals surface area contributed by atoms with Crippen LogP contribution in [0.15, 0.2) is 23.1 Å². The van der Waals surface area contributed by atoms with Gasteiger partial charge in [0.05, 0.1) is 22.0 Å². The Labute approximate surface area is 167 Å². The average Bonchev–Trinajstić information content (AvgIpc) is 2.98. The number of benzene rings is 1. The molecule has 1 aliphatic rings. The van der Waals surface area contributed by atoms with Gasteiger partial charge in [-0.05, 0) is 25.5 Å². The SMILES string of the molecule is CCN(C(=O)COC(=O)c1ccc(S(C)(=O)=O)c([N+](=O)[O-])c1)C1CCS(=O)(=O)C1. The third-order valence-electron chi connectivity index (χ3n) is 4.43. The molecule has 0 saturated carbocycles. The maximum atomic E-state index is 12.3. The van der Waals surface area contributed by atoms with Gasteiger partial charge in [-0.1, -0.05) is 0 Å². The summed E-state index contributed by atoms with van der Waals surface area (Å²) in [5.41, 5.74) is -1.07. The third kappa shape index (κ3) is 5.50. The number of hydrogen-bond donors (Lipinski definition) is 0. The summed E-state index contributed by atoms with van der Waals surface area (Å²) in [6.07, 6.45) is 1.10. The van der Waals surface area contributed by atoms with Crippen LogP contribution in [0.2, 0.25) is 0 Å². The van der Waals surface area contributed by atoms with Crippen molar-refractivity contribution in [3.63, 3.8) is 0 Å². The largest absolute Gasteiger partial charge is 0.452 e. The van der Waals surface area contributed by atoms with E-state index in [1.165, 1.54) is 4.90 Å². The number of carbonyl (C=O) groups excluding carboxylic acids is 2. The molecular formula is C16H20N2O9S2. The van der Waals surface area contributed by atoms with Crippen LogP contribution in [-0.4, -0.2) is 75.5 Å². The third-order valence-corrected chi connectivity index (χ3v) is 7.32. The summed E-state index contributed by atoms with van der Waals surface area (Å²) in [5.74, 6) is -1.81. The first-order valence-corrected chi connectivity index (χ1v) is 12.2. The average molecular weight is 448 g/mol. The van der Waals surface area contributed by atoms with Gasteiger partial charge in [0.15, 0.2) is 26.3 Å². The molecule has 0 bridgehead atoms. The molecule has 11 nitrogen and oxygen atoms in total. The van der Waals surface area contributed by atoms with E-state index in [-0.39, 0.29) is 23.6 Å². The van der Waals surface area contributed by atoms with Crippen molar-refractivity contribution in [1.82, 2.24) is 4.90 Å². The molecule has 1 amide bonds. The molecule has 13 heteroatoms. The number of amides is 1. The zero-order chi connectivity index (χ0) is 22.0. The summed E-state index contributed by atoms with van der Waals surface area (Å²) in [4.78, 5) is 35.4. The number of nitro benzene ring substituents is 1. The lowest BCUT2D eigenvalue weighted by molar-refractivity contribution is -0.387. The van der Waals surface area contributed by atoms with Crippen LogP contribution >= 0.6 is 0 Å². The Bertz CT molecular complexity index is 1050. The van der Waals surface area contributed by atoms with E-state index in [1.54, 1.807) is 6.92 Å². The molecule has 29 heavy (non-hydrogen) atoms. The van der Waals surface area contributed by atoms with Crippen molar-refractivity contribution >= 4 is 37.2 Å². The predicted molar refractivity (Wildman–Crippen MR) is 101 cm³/mol. The standard InChI is InChI=1S/C16H20N2O9S2/c1-3-17(12-6-7-29(25,26)10-12)15(19)9-27-16(20)11-4-5-14(28(2,23)24)13(8-11)18(21)22/h4-5,8,12H,3,6-7,9-10H2,1-2H3. The Morgan fingerprint density at radius 1 is 1.34 bits per heavy atom. The quantitative estimate of drug-likeness (QED) is 0.322. The van der Waals surface area contributed by atoms with Crippen LogP contribution < -0.4 is 0 Å². The maximum absolute atomic E-state index is 12.3. The van der Waals surface area contributed by atoms with Crippen molar-refractivity contribution in [3.8, 4) is 0 Å². The molecule has 1 aliphatic heterocycles. The summed E-state index contributed by atoms with van der Waals surface area (Å²) in [7, 11) is -7.09. The van der Waals surface area contributed by atoms with Gasteiger partial charge in [-0.2, -0.15) is 0 Å². The van der Waals surface area contributed by atoms with Gasteiger partial charge in [-0.3, -0.25) is 14.9 Å². The van der Waals surface area contributed by atoms with Gasteiger partial charge in [0.25, 0.3) is 11.6 Å². The highest BCUT2D eigenvalue weighted by Crippen LogP contribution is 2.25. The highest BCUT2D eigenvalue weighted by molar-refractivity contribution is 7.91. The van der Waals surface area contributed by atoms with Crippen LogP contribution in [0, 0.1) is 10.1 Å². The lowest BCUT2D eigenvalue weighted by Gasteiger charge is -2.26. The molecule has 0 spiro atoms. The fourth-order valence-electron chi connectivity index (χ4n) is 3.05. The lowest BCUT2D eigenvalue weighted by Crippen LogP contribution is -2.43. The number of likely N-dealkylation sites (N-methyl/N-ethyl adjacent to an activating group) is 1. The number of nitrogens with zero attached hydrogens (tertiary/aromatic N) is 2. The molecule has 1 fully saturated rings.